The van der Waals surface area contributed by atoms with Gasteiger partial charge in [0, 0.05) is 0 Å². The summed E-state index contributed by atoms with van der Waals surface area (Å²) >= 11 is 0. The lowest BCUT2D eigenvalue weighted by Gasteiger charge is -2.19. The van der Waals surface area contributed by atoms with Crippen molar-refractivity contribution in [1.29, 1.82) is 0 Å². The molecule has 110 valence electrons. The highest BCUT2D eigenvalue weighted by Gasteiger charge is 2.39. The molecule has 0 N–H and O–H groups in total. The standard InChI is InChI=1S/C15H12F4OSi/c1-21(2)13-7-9(16)3-5-11(13)12-6-4-10(8-14(12)21)20-15(17,18)19/h3-8H,1-2H3. The fourth-order valence-electron chi connectivity index (χ4n) is 2.89. The summed E-state index contributed by atoms with van der Waals surface area (Å²) in [5, 5.41) is 1.74. The monoisotopic (exact) mass is 312 g/mol. The van der Waals surface area contributed by atoms with Crippen LogP contribution in [-0.4, -0.2) is 14.4 Å². The Labute approximate surface area is 120 Å². The van der Waals surface area contributed by atoms with Crippen LogP contribution in [0.4, 0.5) is 17.6 Å². The van der Waals surface area contributed by atoms with Gasteiger partial charge in [0.05, 0.1) is 0 Å². The fraction of sp³-hybridized carbons (Fsp3) is 0.200. The summed E-state index contributed by atoms with van der Waals surface area (Å²) < 4.78 is 54.5. The second-order valence-electron chi connectivity index (χ2n) is 5.57. The van der Waals surface area contributed by atoms with E-state index in [0.29, 0.717) is 0 Å². The maximum Gasteiger partial charge on any atom is 0.573 e. The average molecular weight is 312 g/mol. The van der Waals surface area contributed by atoms with Crippen LogP contribution in [0.1, 0.15) is 0 Å². The highest BCUT2D eigenvalue weighted by molar-refractivity contribution is 7.03. The van der Waals surface area contributed by atoms with Crippen molar-refractivity contribution in [3.8, 4) is 16.9 Å². The zero-order valence-electron chi connectivity index (χ0n) is 11.4. The van der Waals surface area contributed by atoms with Gasteiger partial charge in [0.25, 0.3) is 0 Å². The maximum absolute atomic E-state index is 13.5. The molecule has 6 heteroatoms. The summed E-state index contributed by atoms with van der Waals surface area (Å²) in [6.45, 7) is 3.99. The molecular formula is C15H12F4OSi. The van der Waals surface area contributed by atoms with Crippen molar-refractivity contribution >= 4 is 18.4 Å². The predicted molar refractivity (Wildman–Crippen MR) is 75.3 cm³/mol. The van der Waals surface area contributed by atoms with Crippen LogP contribution in [-0.2, 0) is 0 Å². The van der Waals surface area contributed by atoms with Crippen LogP contribution in [0, 0.1) is 5.82 Å². The normalized spacial score (nSPS) is 15.5. The van der Waals surface area contributed by atoms with Crippen molar-refractivity contribution in [2.24, 2.45) is 0 Å². The number of alkyl halides is 3. The molecule has 1 heterocycles. The molecule has 0 fully saturated rings. The first-order valence-corrected chi connectivity index (χ1v) is 9.39. The van der Waals surface area contributed by atoms with E-state index in [-0.39, 0.29) is 11.6 Å². The van der Waals surface area contributed by atoms with Gasteiger partial charge in [-0.2, -0.15) is 0 Å². The molecule has 0 atom stereocenters. The van der Waals surface area contributed by atoms with Gasteiger partial charge in [0.2, 0.25) is 0 Å². The van der Waals surface area contributed by atoms with E-state index in [1.165, 1.54) is 24.3 Å². The lowest BCUT2D eigenvalue weighted by Crippen LogP contribution is -2.49. The Morgan fingerprint density at radius 3 is 2.10 bits per heavy atom. The number of fused-ring (bicyclic) bond motifs is 3. The molecule has 21 heavy (non-hydrogen) atoms. The van der Waals surface area contributed by atoms with Crippen LogP contribution in [0.3, 0.4) is 0 Å². The van der Waals surface area contributed by atoms with Crippen LogP contribution in [0.15, 0.2) is 36.4 Å². The van der Waals surface area contributed by atoms with E-state index >= 15 is 0 Å². The second-order valence-corrected chi connectivity index (χ2v) is 9.90. The third-order valence-electron chi connectivity index (χ3n) is 3.84. The van der Waals surface area contributed by atoms with Crippen LogP contribution in [0.25, 0.3) is 11.1 Å². The molecule has 2 aromatic rings. The first-order chi connectivity index (χ1) is 9.68. The van der Waals surface area contributed by atoms with E-state index in [2.05, 4.69) is 4.74 Å². The molecule has 2 aromatic carbocycles. The molecule has 0 spiro atoms. The van der Waals surface area contributed by atoms with Gasteiger partial charge in [-0.3, -0.25) is 0 Å². The van der Waals surface area contributed by atoms with E-state index in [1.54, 1.807) is 12.1 Å². The average Bonchev–Trinajstić information content (AvgIpc) is 2.57. The number of benzene rings is 2. The molecule has 1 aliphatic heterocycles. The smallest absolute Gasteiger partial charge is 0.406 e. The summed E-state index contributed by atoms with van der Waals surface area (Å²) in [7, 11) is -2.21. The molecule has 0 amide bonds. The van der Waals surface area contributed by atoms with E-state index in [0.717, 1.165) is 21.5 Å². The van der Waals surface area contributed by atoms with E-state index in [9.17, 15) is 17.6 Å². The van der Waals surface area contributed by atoms with Crippen molar-refractivity contribution in [2.75, 3.05) is 0 Å². The number of rotatable bonds is 1. The van der Waals surface area contributed by atoms with Gasteiger partial charge >= 0.3 is 6.36 Å². The zero-order chi connectivity index (χ0) is 15.4. The topological polar surface area (TPSA) is 9.23 Å². The van der Waals surface area contributed by atoms with E-state index < -0.39 is 14.4 Å². The summed E-state index contributed by atoms with van der Waals surface area (Å²) in [6, 6.07) is 8.91. The SMILES string of the molecule is C[Si]1(C)c2cc(F)ccc2-c2ccc(OC(F)(F)F)cc21. The van der Waals surface area contributed by atoms with Crippen molar-refractivity contribution in [3.63, 3.8) is 0 Å². The molecule has 0 saturated carbocycles. The van der Waals surface area contributed by atoms with Crippen molar-refractivity contribution < 1.29 is 22.3 Å². The third kappa shape index (κ3) is 2.33. The minimum atomic E-state index is -4.71. The molecule has 1 nitrogen and oxygen atoms in total. The van der Waals surface area contributed by atoms with Crippen molar-refractivity contribution in [2.45, 2.75) is 19.5 Å². The summed E-state index contributed by atoms with van der Waals surface area (Å²) in [5.41, 5.74) is 1.78. The first kappa shape index (κ1) is 14.1. The Kier molecular flexibility index (Phi) is 2.92. The Bertz CT molecular complexity index is 722. The van der Waals surface area contributed by atoms with Crippen molar-refractivity contribution in [1.82, 2.24) is 0 Å². The molecular weight excluding hydrogens is 300 g/mol. The Balaban J connectivity index is 2.14. The molecule has 0 unspecified atom stereocenters. The minimum absolute atomic E-state index is 0.227. The molecule has 0 radical (unpaired) electrons. The highest BCUT2D eigenvalue weighted by atomic mass is 28.3. The highest BCUT2D eigenvalue weighted by Crippen LogP contribution is 2.32. The second kappa shape index (κ2) is 4.33. The Hall–Kier alpha value is -1.82. The summed E-state index contributed by atoms with van der Waals surface area (Å²) in [6.07, 6.45) is -4.71. The summed E-state index contributed by atoms with van der Waals surface area (Å²) in [5.74, 6) is -0.552. The van der Waals surface area contributed by atoms with Crippen LogP contribution in [0.5, 0.6) is 5.75 Å². The minimum Gasteiger partial charge on any atom is -0.406 e. The number of halogens is 4. The largest absolute Gasteiger partial charge is 0.573 e. The van der Waals surface area contributed by atoms with Gasteiger partial charge < -0.3 is 4.74 Å². The van der Waals surface area contributed by atoms with Gasteiger partial charge in [0.15, 0.2) is 0 Å². The molecule has 0 saturated heterocycles. The zero-order valence-corrected chi connectivity index (χ0v) is 12.4. The van der Waals surface area contributed by atoms with Gasteiger partial charge in [0.1, 0.15) is 19.6 Å². The van der Waals surface area contributed by atoms with Gasteiger partial charge in [-0.25, -0.2) is 4.39 Å². The molecule has 1 aliphatic rings. The van der Waals surface area contributed by atoms with Crippen LogP contribution >= 0.6 is 0 Å². The molecule has 0 aliphatic carbocycles. The number of hydrogen-bond acceptors (Lipinski definition) is 1. The van der Waals surface area contributed by atoms with Crippen molar-refractivity contribution in [3.05, 3.63) is 42.2 Å². The molecule has 0 aromatic heterocycles. The first-order valence-electron chi connectivity index (χ1n) is 6.39. The fourth-order valence-corrected chi connectivity index (χ4v) is 5.96. The predicted octanol–water partition coefficient (Wildman–Crippen LogP) is 3.53. The van der Waals surface area contributed by atoms with Gasteiger partial charge in [-0.05, 0) is 45.8 Å². The molecule has 0 bridgehead atoms. The maximum atomic E-state index is 13.5. The van der Waals surface area contributed by atoms with Gasteiger partial charge in [-0.1, -0.05) is 25.2 Å². The molecule has 3 rings (SSSR count). The van der Waals surface area contributed by atoms with Crippen LogP contribution < -0.4 is 15.1 Å². The lowest BCUT2D eigenvalue weighted by atomic mass is 10.1. The lowest BCUT2D eigenvalue weighted by molar-refractivity contribution is -0.274. The van der Waals surface area contributed by atoms with Gasteiger partial charge in [-0.15, -0.1) is 13.2 Å². The number of ether oxygens (including phenoxy) is 1. The quantitative estimate of drug-likeness (QED) is 0.578. The van der Waals surface area contributed by atoms with Crippen LogP contribution in [0.2, 0.25) is 13.1 Å². The van der Waals surface area contributed by atoms with E-state index in [1.807, 2.05) is 13.1 Å². The third-order valence-corrected chi connectivity index (χ3v) is 7.36. The Morgan fingerprint density at radius 1 is 0.905 bits per heavy atom. The van der Waals surface area contributed by atoms with E-state index in [4.69, 9.17) is 0 Å². The Morgan fingerprint density at radius 2 is 1.48 bits per heavy atom. The number of hydrogen-bond donors (Lipinski definition) is 0. The summed E-state index contributed by atoms with van der Waals surface area (Å²) in [4.78, 5) is 0.